The molecular weight excluding hydrogens is 360 g/mol. The molecule has 0 fully saturated rings. The highest BCUT2D eigenvalue weighted by Gasteiger charge is 2.22. The molecule has 0 aliphatic rings. The average molecular weight is 384 g/mol. The van der Waals surface area contributed by atoms with Gasteiger partial charge in [0.15, 0.2) is 0 Å². The largest absolute Gasteiger partial charge is 0.457 e. The van der Waals surface area contributed by atoms with Crippen molar-refractivity contribution in [2.45, 2.75) is 32.2 Å². The molecule has 0 atom stereocenters. The first-order valence-electron chi connectivity index (χ1n) is 9.55. The zero-order valence-electron chi connectivity index (χ0n) is 16.7. The molecule has 4 heteroatoms. The van der Waals surface area contributed by atoms with Gasteiger partial charge >= 0.3 is 0 Å². The van der Waals surface area contributed by atoms with Gasteiger partial charge in [-0.1, -0.05) is 68.4 Å². The van der Waals surface area contributed by atoms with E-state index in [1.54, 1.807) is 0 Å². The molecule has 0 spiro atoms. The molecule has 1 N–H and O–H groups in total. The van der Waals surface area contributed by atoms with Crippen LogP contribution in [-0.4, -0.2) is 5.91 Å². The zero-order chi connectivity index (χ0) is 20.7. The highest BCUT2D eigenvalue weighted by molar-refractivity contribution is 5.77. The minimum atomic E-state index is -0.272. The highest BCUT2D eigenvalue weighted by atomic mass is 16.5. The second kappa shape index (κ2) is 9.07. The Kier molecular flexibility index (Phi) is 6.31. The molecule has 3 aromatic rings. The normalized spacial score (nSPS) is 10.8. The summed E-state index contributed by atoms with van der Waals surface area (Å²) in [7, 11) is 0. The van der Waals surface area contributed by atoms with Crippen LogP contribution in [0.4, 0.5) is 0 Å². The first-order chi connectivity index (χ1) is 14.0. The average Bonchev–Trinajstić information content (AvgIpc) is 2.74. The monoisotopic (exact) mass is 384 g/mol. The van der Waals surface area contributed by atoms with Crippen LogP contribution in [0.15, 0.2) is 78.9 Å². The Morgan fingerprint density at radius 2 is 1.45 bits per heavy atom. The number of benzene rings is 3. The lowest BCUT2D eigenvalue weighted by atomic mass is 9.78. The van der Waals surface area contributed by atoms with Crippen molar-refractivity contribution in [3.8, 4) is 17.6 Å². The van der Waals surface area contributed by atoms with E-state index in [-0.39, 0.29) is 17.7 Å². The van der Waals surface area contributed by atoms with Crippen molar-refractivity contribution in [1.29, 1.82) is 5.26 Å². The Labute approximate surface area is 171 Å². The van der Waals surface area contributed by atoms with Gasteiger partial charge in [-0.25, -0.2) is 0 Å². The van der Waals surface area contributed by atoms with E-state index in [9.17, 15) is 4.79 Å². The summed E-state index contributed by atoms with van der Waals surface area (Å²) in [6.45, 7) is 4.82. The molecule has 0 aliphatic heterocycles. The standard InChI is InChI=1S/C25H24N2O2/c1-25(2,20-6-4-3-5-7-20)21-10-14-23(15-11-21)29-22-12-8-19(9-13-22)18-27-24(28)16-17-26/h3-15H,16,18H2,1-2H3,(H,27,28). The van der Waals surface area contributed by atoms with Crippen LogP contribution in [0.2, 0.25) is 0 Å². The van der Waals surface area contributed by atoms with E-state index in [4.69, 9.17) is 10.00 Å². The zero-order valence-corrected chi connectivity index (χ0v) is 16.7. The number of carbonyl (C=O) groups is 1. The lowest BCUT2D eigenvalue weighted by Gasteiger charge is -2.26. The maximum atomic E-state index is 11.4. The number of rotatable bonds is 7. The summed E-state index contributed by atoms with van der Waals surface area (Å²) in [5, 5.41) is 11.2. The summed E-state index contributed by atoms with van der Waals surface area (Å²) in [4.78, 5) is 11.4. The van der Waals surface area contributed by atoms with Crippen LogP contribution in [-0.2, 0) is 16.8 Å². The summed E-state index contributed by atoms with van der Waals surface area (Å²) in [6, 6.07) is 28.0. The topological polar surface area (TPSA) is 62.1 Å². The minimum absolute atomic E-state index is 0.0859. The van der Waals surface area contributed by atoms with Crippen LogP contribution < -0.4 is 10.1 Å². The van der Waals surface area contributed by atoms with Crippen molar-refractivity contribution in [2.24, 2.45) is 0 Å². The molecule has 0 radical (unpaired) electrons. The maximum absolute atomic E-state index is 11.4. The van der Waals surface area contributed by atoms with Gasteiger partial charge in [0.05, 0.1) is 6.07 Å². The van der Waals surface area contributed by atoms with Gasteiger partial charge in [0.25, 0.3) is 0 Å². The summed E-state index contributed by atoms with van der Waals surface area (Å²) in [5.74, 6) is 1.23. The van der Waals surface area contributed by atoms with Gasteiger partial charge < -0.3 is 10.1 Å². The molecular formula is C25H24N2O2. The fourth-order valence-electron chi connectivity index (χ4n) is 3.11. The van der Waals surface area contributed by atoms with Gasteiger partial charge in [-0.05, 0) is 41.0 Å². The lowest BCUT2D eigenvalue weighted by Crippen LogP contribution is -2.21. The highest BCUT2D eigenvalue weighted by Crippen LogP contribution is 2.33. The van der Waals surface area contributed by atoms with Crippen molar-refractivity contribution in [3.05, 3.63) is 95.6 Å². The van der Waals surface area contributed by atoms with Crippen molar-refractivity contribution < 1.29 is 9.53 Å². The van der Waals surface area contributed by atoms with E-state index in [1.807, 2.05) is 48.5 Å². The second-order valence-electron chi connectivity index (χ2n) is 7.37. The molecule has 146 valence electrons. The van der Waals surface area contributed by atoms with Crippen LogP contribution in [0.3, 0.4) is 0 Å². The quantitative estimate of drug-likeness (QED) is 0.598. The maximum Gasteiger partial charge on any atom is 0.234 e. The van der Waals surface area contributed by atoms with E-state index in [2.05, 4.69) is 55.6 Å². The fourth-order valence-corrected chi connectivity index (χ4v) is 3.11. The summed E-state index contributed by atoms with van der Waals surface area (Å²) < 4.78 is 5.94. The Hall–Kier alpha value is -3.58. The molecule has 0 unspecified atom stereocenters. The fraction of sp³-hybridized carbons (Fsp3) is 0.200. The first-order valence-corrected chi connectivity index (χ1v) is 9.55. The van der Waals surface area contributed by atoms with Crippen LogP contribution in [0.1, 0.15) is 37.0 Å². The number of ether oxygens (including phenoxy) is 1. The Balaban J connectivity index is 1.63. The van der Waals surface area contributed by atoms with Crippen LogP contribution in [0, 0.1) is 11.3 Å². The predicted octanol–water partition coefficient (Wildman–Crippen LogP) is 5.33. The van der Waals surface area contributed by atoms with Gasteiger partial charge in [-0.15, -0.1) is 0 Å². The molecule has 0 bridgehead atoms. The molecule has 29 heavy (non-hydrogen) atoms. The predicted molar refractivity (Wildman–Crippen MR) is 114 cm³/mol. The van der Waals surface area contributed by atoms with E-state index in [0.29, 0.717) is 6.54 Å². The number of nitrogens with zero attached hydrogens (tertiary/aromatic N) is 1. The van der Waals surface area contributed by atoms with Gasteiger partial charge in [-0.2, -0.15) is 5.26 Å². The molecule has 0 heterocycles. The molecule has 0 aliphatic carbocycles. The van der Waals surface area contributed by atoms with E-state index in [0.717, 1.165) is 17.1 Å². The number of hydrogen-bond donors (Lipinski definition) is 1. The van der Waals surface area contributed by atoms with E-state index in [1.165, 1.54) is 11.1 Å². The van der Waals surface area contributed by atoms with Crippen molar-refractivity contribution >= 4 is 5.91 Å². The third-order valence-corrected chi connectivity index (χ3v) is 4.96. The first kappa shape index (κ1) is 20.2. The molecule has 0 aromatic heterocycles. The Bertz CT molecular complexity index is 986. The SMILES string of the molecule is CC(C)(c1ccccc1)c1ccc(Oc2ccc(CNC(=O)CC#N)cc2)cc1. The number of carbonyl (C=O) groups excluding carboxylic acids is 1. The Morgan fingerprint density at radius 3 is 2.03 bits per heavy atom. The van der Waals surface area contributed by atoms with E-state index >= 15 is 0 Å². The molecule has 3 aromatic carbocycles. The second-order valence-corrected chi connectivity index (χ2v) is 7.37. The number of nitrogens with one attached hydrogen (secondary N) is 1. The molecule has 3 rings (SSSR count). The summed E-state index contributed by atoms with van der Waals surface area (Å²) >= 11 is 0. The van der Waals surface area contributed by atoms with Crippen molar-refractivity contribution in [2.75, 3.05) is 0 Å². The smallest absolute Gasteiger partial charge is 0.234 e. The van der Waals surface area contributed by atoms with Gasteiger partial charge in [0, 0.05) is 12.0 Å². The van der Waals surface area contributed by atoms with Crippen LogP contribution >= 0.6 is 0 Å². The Morgan fingerprint density at radius 1 is 0.897 bits per heavy atom. The third-order valence-electron chi connectivity index (χ3n) is 4.96. The van der Waals surface area contributed by atoms with Gasteiger partial charge in [-0.3, -0.25) is 4.79 Å². The number of nitriles is 1. The molecule has 1 amide bonds. The number of hydrogen-bond acceptors (Lipinski definition) is 3. The van der Waals surface area contributed by atoms with Crippen LogP contribution in [0.5, 0.6) is 11.5 Å². The summed E-state index contributed by atoms with van der Waals surface area (Å²) in [5.41, 5.74) is 3.35. The molecule has 0 saturated carbocycles. The summed E-state index contributed by atoms with van der Waals surface area (Å²) in [6.07, 6.45) is -0.127. The lowest BCUT2D eigenvalue weighted by molar-refractivity contribution is -0.120. The minimum Gasteiger partial charge on any atom is -0.457 e. The third kappa shape index (κ3) is 5.24. The van der Waals surface area contributed by atoms with E-state index < -0.39 is 0 Å². The van der Waals surface area contributed by atoms with Crippen LogP contribution in [0.25, 0.3) is 0 Å². The van der Waals surface area contributed by atoms with Gasteiger partial charge in [0.2, 0.25) is 5.91 Å². The van der Waals surface area contributed by atoms with Gasteiger partial charge in [0.1, 0.15) is 17.9 Å². The number of amides is 1. The van der Waals surface area contributed by atoms with Crippen molar-refractivity contribution in [1.82, 2.24) is 5.32 Å². The van der Waals surface area contributed by atoms with Crippen molar-refractivity contribution in [3.63, 3.8) is 0 Å². The molecule has 0 saturated heterocycles. The molecule has 4 nitrogen and oxygen atoms in total.